The van der Waals surface area contributed by atoms with E-state index in [0.29, 0.717) is 0 Å². The predicted molar refractivity (Wildman–Crippen MR) is 312 cm³/mol. The van der Waals surface area contributed by atoms with Crippen LogP contribution in [0.2, 0.25) is 0 Å². The van der Waals surface area contributed by atoms with Gasteiger partial charge in [-0.05, 0) is 112 Å². The Morgan fingerprint density at radius 2 is 0.446 bits per heavy atom. The lowest BCUT2D eigenvalue weighted by Crippen LogP contribution is -2.30. The largest absolute Gasteiger partial charge is 0.381 e. The van der Waals surface area contributed by atoms with Crippen LogP contribution in [0.15, 0.2) is 0 Å². The summed E-state index contributed by atoms with van der Waals surface area (Å²) in [6.45, 7) is 71.4. The lowest BCUT2D eigenvalue weighted by atomic mass is 10.1. The fourth-order valence-electron chi connectivity index (χ4n) is 3.98. The normalized spacial score (nSPS) is 15.4. The smallest absolute Gasteiger partial charge is 0.0591 e. The van der Waals surface area contributed by atoms with E-state index in [1.165, 1.54) is 103 Å². The summed E-state index contributed by atoms with van der Waals surface area (Å²) in [5.74, 6) is 6.23. The molecule has 6 aliphatic rings. The highest BCUT2D eigenvalue weighted by atomic mass is 16.5. The second kappa shape index (κ2) is 101. The average molecular weight is 942 g/mol. The van der Waals surface area contributed by atoms with Crippen molar-refractivity contribution >= 4 is 0 Å². The molecule has 0 aromatic heterocycles. The van der Waals surface area contributed by atoms with Gasteiger partial charge in [-0.2, -0.15) is 0 Å². The van der Waals surface area contributed by atoms with E-state index < -0.39 is 0 Å². The van der Waals surface area contributed by atoms with E-state index in [4.69, 9.17) is 14.2 Å². The number of ether oxygens (including phenoxy) is 3. The molecule has 0 spiro atoms. The second-order valence-corrected chi connectivity index (χ2v) is 18.8. The monoisotopic (exact) mass is 941 g/mol. The lowest BCUT2D eigenvalue weighted by molar-refractivity contribution is 0.0968. The summed E-state index contributed by atoms with van der Waals surface area (Å²) in [5.41, 5.74) is 0. The summed E-state index contributed by atoms with van der Waals surface area (Å²) in [6, 6.07) is 0. The van der Waals surface area contributed by atoms with Crippen LogP contribution >= 0.6 is 0 Å². The first-order valence-corrected chi connectivity index (χ1v) is 29.1. The fourth-order valence-corrected chi connectivity index (χ4v) is 3.98. The summed E-state index contributed by atoms with van der Waals surface area (Å²) in [5, 5.41) is 6.38. The van der Waals surface area contributed by atoms with Crippen molar-refractivity contribution in [1.82, 2.24) is 10.6 Å². The highest BCUT2D eigenvalue weighted by Gasteiger charge is 2.24. The molecule has 5 nitrogen and oxygen atoms in total. The van der Waals surface area contributed by atoms with Crippen LogP contribution in [0.25, 0.3) is 0 Å². The van der Waals surface area contributed by atoms with Crippen molar-refractivity contribution in [2.75, 3.05) is 65.8 Å². The minimum atomic E-state index is 0.833. The fraction of sp³-hybridized carbons (Fsp3) is 1.00. The van der Waals surface area contributed by atoms with Gasteiger partial charge in [-0.15, -0.1) is 0 Å². The van der Waals surface area contributed by atoms with Crippen molar-refractivity contribution in [3.05, 3.63) is 0 Å². The molecule has 4 saturated heterocycles. The first-order valence-electron chi connectivity index (χ1n) is 29.1. The predicted octanol–water partition coefficient (Wildman–Crippen LogP) is 20.4. The Balaban J connectivity index is -0.0000000538. The van der Waals surface area contributed by atoms with Crippen molar-refractivity contribution in [2.24, 2.45) is 41.4 Å². The quantitative estimate of drug-likeness (QED) is 0.274. The van der Waals surface area contributed by atoms with Gasteiger partial charge in [-0.3, -0.25) is 0 Å². The molecule has 2 saturated carbocycles. The van der Waals surface area contributed by atoms with Gasteiger partial charge in [0.1, 0.15) is 0 Å². The first kappa shape index (κ1) is 91.1. The van der Waals surface area contributed by atoms with Gasteiger partial charge < -0.3 is 24.8 Å². The number of rotatable bonds is 1. The topological polar surface area (TPSA) is 51.8 Å². The molecule has 0 atom stereocenters. The van der Waals surface area contributed by atoms with Crippen LogP contribution in [0.1, 0.15) is 291 Å². The maximum atomic E-state index is 5.07. The van der Waals surface area contributed by atoms with Crippen LogP contribution < -0.4 is 10.6 Å². The van der Waals surface area contributed by atoms with Crippen molar-refractivity contribution < 1.29 is 14.2 Å². The Bertz CT molecular complexity index is 428. The average Bonchev–Trinajstić information content (AvgIpc) is 3.81. The van der Waals surface area contributed by atoms with E-state index in [9.17, 15) is 0 Å². The zero-order valence-electron chi connectivity index (χ0n) is 52.2. The molecule has 6 fully saturated rings. The molecule has 2 aliphatic carbocycles. The van der Waals surface area contributed by atoms with E-state index in [0.717, 1.165) is 94.2 Å². The summed E-state index contributed by atoms with van der Waals surface area (Å²) >= 11 is 0. The van der Waals surface area contributed by atoms with Crippen molar-refractivity contribution in [3.8, 4) is 0 Å². The highest BCUT2D eigenvalue weighted by Crippen LogP contribution is 2.35. The molecule has 412 valence electrons. The van der Waals surface area contributed by atoms with Crippen molar-refractivity contribution in [3.63, 3.8) is 0 Å². The molecule has 6 rings (SSSR count). The van der Waals surface area contributed by atoms with E-state index in [-0.39, 0.29) is 0 Å². The molecule has 2 N–H and O–H groups in total. The van der Waals surface area contributed by atoms with Crippen LogP contribution in [0.4, 0.5) is 0 Å². The van der Waals surface area contributed by atoms with Crippen molar-refractivity contribution in [2.45, 2.75) is 291 Å². The minimum absolute atomic E-state index is 0.833. The molecule has 4 heterocycles. The van der Waals surface area contributed by atoms with Crippen LogP contribution in [0.5, 0.6) is 0 Å². The lowest BCUT2D eigenvalue weighted by Gasteiger charge is -2.10. The number of hydrogen-bond acceptors (Lipinski definition) is 5. The molecule has 0 unspecified atom stereocenters. The molecule has 0 bridgehead atoms. The summed E-state index contributed by atoms with van der Waals surface area (Å²) in [4.78, 5) is 0. The van der Waals surface area contributed by atoms with Gasteiger partial charge in [0.05, 0.1) is 13.2 Å². The van der Waals surface area contributed by atoms with E-state index >= 15 is 0 Å². The number of nitrogens with one attached hydrogen (secondary N) is 2. The molecule has 5 heteroatoms. The summed E-state index contributed by atoms with van der Waals surface area (Å²) < 4.78 is 15.0. The third kappa shape index (κ3) is 213. The third-order valence-corrected chi connectivity index (χ3v) is 6.52. The Hall–Kier alpha value is -0.200. The van der Waals surface area contributed by atoms with E-state index in [1.807, 2.05) is 83.1 Å². The molecular weight excluding hydrogens is 797 g/mol. The van der Waals surface area contributed by atoms with Gasteiger partial charge >= 0.3 is 0 Å². The Morgan fingerprint density at radius 1 is 0.262 bits per heavy atom. The number of morpholine rings is 1. The maximum absolute atomic E-state index is 5.07. The van der Waals surface area contributed by atoms with E-state index in [1.54, 1.807) is 0 Å². The van der Waals surface area contributed by atoms with Crippen LogP contribution in [-0.4, -0.2) is 65.8 Å². The molecule has 0 radical (unpaired) electrons. The first-order chi connectivity index (χ1) is 31.0. The van der Waals surface area contributed by atoms with Gasteiger partial charge in [0.15, 0.2) is 0 Å². The van der Waals surface area contributed by atoms with Gasteiger partial charge in [-0.25, -0.2) is 0 Å². The zero-order valence-corrected chi connectivity index (χ0v) is 52.2. The standard InChI is InChI=1S/C6H12.C5H10O.C5H10.C4H9NO.C4H9N.C4H8O.5C4H10.6C2H6/c1-5(2)6-3-4-6;1-2-4-6-5-3-1;1-2-4-5-3-1;1-3-6-4-2-5-1;2*1-2-4-5-3-1;5*1-4(2)3;6*1-2/h5-6H,3-4H2,1-2H3;1-5H2;1-5H2;5H,1-4H2;5H,1-4H2;1-4H2;5*4H,1-3H3;6*1-2H3. The Morgan fingerprint density at radius 3 is 0.523 bits per heavy atom. The molecule has 4 aliphatic heterocycles. The zero-order chi connectivity index (χ0) is 53.5. The van der Waals surface area contributed by atoms with Crippen molar-refractivity contribution in [1.29, 1.82) is 0 Å². The van der Waals surface area contributed by atoms with Crippen LogP contribution in [0.3, 0.4) is 0 Å². The maximum Gasteiger partial charge on any atom is 0.0591 e. The van der Waals surface area contributed by atoms with E-state index in [2.05, 4.69) is 128 Å². The SMILES string of the molecule is C1CCCC1.C1CCNC1.C1CCOC1.C1CCOCC1.C1COCCN1.CC.CC.CC.CC.CC.CC.CC(C)C.CC(C)C.CC(C)C.CC(C)C.CC(C)C.CC(C)C1CC1. The van der Waals surface area contributed by atoms with Crippen LogP contribution in [-0.2, 0) is 14.2 Å². The molecule has 65 heavy (non-hydrogen) atoms. The second-order valence-electron chi connectivity index (χ2n) is 18.8. The van der Waals surface area contributed by atoms with Crippen LogP contribution in [0, 0.1) is 41.4 Å². The van der Waals surface area contributed by atoms with Gasteiger partial charge in [0.25, 0.3) is 0 Å². The molecule has 0 amide bonds. The molecule has 0 aromatic rings. The molecule has 0 aromatic carbocycles. The number of hydrogen-bond donors (Lipinski definition) is 2. The Kier molecular flexibility index (Phi) is 142. The minimum Gasteiger partial charge on any atom is -0.381 e. The molecular formula is C60H144N2O3. The summed E-state index contributed by atoms with van der Waals surface area (Å²) in [7, 11) is 0. The van der Waals surface area contributed by atoms with Gasteiger partial charge in [0.2, 0.25) is 0 Å². The van der Waals surface area contributed by atoms with Gasteiger partial charge in [0, 0.05) is 39.5 Å². The Labute approximate surface area is 421 Å². The third-order valence-electron chi connectivity index (χ3n) is 6.52. The van der Waals surface area contributed by atoms with Gasteiger partial charge in [-0.1, -0.05) is 233 Å². The highest BCUT2D eigenvalue weighted by molar-refractivity contribution is 4.75. The summed E-state index contributed by atoms with van der Waals surface area (Å²) in [6.07, 6.45) is 19.8.